The smallest absolute Gasteiger partial charge is 0.251 e. The minimum atomic E-state index is -0.380. The molecule has 0 saturated carbocycles. The number of hydrogen-bond acceptors (Lipinski definition) is 3. The van der Waals surface area contributed by atoms with E-state index in [1.165, 1.54) is 35.0 Å². The number of anilines is 1. The molecular weight excluding hydrogens is 341 g/mol. The van der Waals surface area contributed by atoms with Crippen molar-refractivity contribution in [2.75, 3.05) is 5.73 Å². The number of nitrogens with two attached hydrogens (primary N) is 1. The third kappa shape index (κ3) is 4.16. The van der Waals surface area contributed by atoms with Crippen LogP contribution in [0.4, 0.5) is 10.1 Å². The zero-order valence-corrected chi connectivity index (χ0v) is 12.6. The number of nitrogens with zero attached hydrogens (tertiary/aromatic N) is 1. The highest BCUT2D eigenvalue weighted by atomic mass is 79.9. The van der Waals surface area contributed by atoms with E-state index in [2.05, 4.69) is 21.2 Å². The van der Waals surface area contributed by atoms with E-state index in [0.29, 0.717) is 15.7 Å². The number of amides is 1. The second-order valence-corrected chi connectivity index (χ2v) is 5.30. The van der Waals surface area contributed by atoms with Gasteiger partial charge in [-0.15, -0.1) is 0 Å². The summed E-state index contributed by atoms with van der Waals surface area (Å²) in [6.07, 6.45) is 1.40. The molecule has 0 aliphatic rings. The van der Waals surface area contributed by atoms with Gasteiger partial charge < -0.3 is 15.6 Å². The Labute approximate surface area is 128 Å². The number of benzene rings is 1. The highest BCUT2D eigenvalue weighted by Crippen LogP contribution is 2.17. The SMILES string of the molecule is Nc1ccc(=O)n(CC(=O)NCc2cc(F)ccc2Br)c1. The molecule has 7 heteroatoms. The maximum atomic E-state index is 13.1. The third-order valence-corrected chi connectivity index (χ3v) is 3.58. The van der Waals surface area contributed by atoms with Gasteiger partial charge in [0.05, 0.1) is 0 Å². The second kappa shape index (κ2) is 6.53. The lowest BCUT2D eigenvalue weighted by Gasteiger charge is -2.09. The van der Waals surface area contributed by atoms with E-state index in [1.807, 2.05) is 0 Å². The van der Waals surface area contributed by atoms with Crippen LogP contribution in [0.2, 0.25) is 0 Å². The van der Waals surface area contributed by atoms with Gasteiger partial charge in [-0.25, -0.2) is 4.39 Å². The van der Waals surface area contributed by atoms with E-state index in [0.717, 1.165) is 0 Å². The largest absolute Gasteiger partial charge is 0.398 e. The first kappa shape index (κ1) is 15.2. The van der Waals surface area contributed by atoms with Gasteiger partial charge in [0.1, 0.15) is 12.4 Å². The van der Waals surface area contributed by atoms with Crippen LogP contribution >= 0.6 is 15.9 Å². The predicted molar refractivity (Wildman–Crippen MR) is 81.1 cm³/mol. The normalized spacial score (nSPS) is 10.4. The van der Waals surface area contributed by atoms with Crippen LogP contribution in [-0.2, 0) is 17.9 Å². The van der Waals surface area contributed by atoms with Crippen molar-refractivity contribution in [2.45, 2.75) is 13.1 Å². The molecule has 1 aromatic heterocycles. The van der Waals surface area contributed by atoms with Gasteiger partial charge in [-0.3, -0.25) is 9.59 Å². The Bertz CT molecular complexity index is 730. The molecule has 2 aromatic rings. The molecule has 1 aromatic carbocycles. The molecule has 21 heavy (non-hydrogen) atoms. The lowest BCUT2D eigenvalue weighted by Crippen LogP contribution is -2.31. The first-order valence-electron chi connectivity index (χ1n) is 6.12. The van der Waals surface area contributed by atoms with Gasteiger partial charge in [0.2, 0.25) is 5.91 Å². The van der Waals surface area contributed by atoms with E-state index in [4.69, 9.17) is 5.73 Å². The summed E-state index contributed by atoms with van der Waals surface area (Å²) >= 11 is 3.28. The summed E-state index contributed by atoms with van der Waals surface area (Å²) in [6.45, 7) is 0.0189. The predicted octanol–water partition coefficient (Wildman–Crippen LogP) is 1.65. The minimum Gasteiger partial charge on any atom is -0.398 e. The lowest BCUT2D eigenvalue weighted by molar-refractivity contribution is -0.121. The average Bonchev–Trinajstić information content (AvgIpc) is 2.44. The van der Waals surface area contributed by atoms with Crippen LogP contribution in [0.15, 0.2) is 45.8 Å². The van der Waals surface area contributed by atoms with E-state index in [-0.39, 0.29) is 30.4 Å². The van der Waals surface area contributed by atoms with Crippen LogP contribution in [-0.4, -0.2) is 10.5 Å². The molecule has 0 atom stereocenters. The van der Waals surface area contributed by atoms with E-state index >= 15 is 0 Å². The number of pyridine rings is 1. The van der Waals surface area contributed by atoms with Crippen molar-refractivity contribution in [3.8, 4) is 0 Å². The number of nitrogen functional groups attached to an aromatic ring is 1. The molecule has 0 spiro atoms. The molecule has 110 valence electrons. The molecule has 3 N–H and O–H groups in total. The molecule has 0 fully saturated rings. The molecule has 0 unspecified atom stereocenters. The van der Waals surface area contributed by atoms with E-state index in [9.17, 15) is 14.0 Å². The maximum Gasteiger partial charge on any atom is 0.251 e. The summed E-state index contributed by atoms with van der Waals surface area (Å²) in [5.41, 5.74) is 6.26. The van der Waals surface area contributed by atoms with Gasteiger partial charge in [-0.2, -0.15) is 0 Å². The Morgan fingerprint density at radius 3 is 2.86 bits per heavy atom. The van der Waals surface area contributed by atoms with Crippen LogP contribution in [0, 0.1) is 5.82 Å². The zero-order valence-electron chi connectivity index (χ0n) is 11.0. The van der Waals surface area contributed by atoms with Crippen molar-refractivity contribution in [3.63, 3.8) is 0 Å². The number of hydrogen-bond donors (Lipinski definition) is 2. The van der Waals surface area contributed by atoms with Gasteiger partial charge in [-0.1, -0.05) is 15.9 Å². The molecule has 0 bridgehead atoms. The van der Waals surface area contributed by atoms with Crippen molar-refractivity contribution in [1.82, 2.24) is 9.88 Å². The number of carbonyl (C=O) groups excluding carboxylic acids is 1. The summed E-state index contributed by atoms with van der Waals surface area (Å²) in [5, 5.41) is 2.63. The average molecular weight is 354 g/mol. The van der Waals surface area contributed by atoms with Crippen molar-refractivity contribution in [2.24, 2.45) is 0 Å². The molecule has 0 aliphatic heterocycles. The molecule has 0 saturated heterocycles. The Kier molecular flexibility index (Phi) is 4.74. The Morgan fingerprint density at radius 2 is 2.10 bits per heavy atom. The molecule has 0 aliphatic carbocycles. The molecule has 1 heterocycles. The third-order valence-electron chi connectivity index (χ3n) is 2.80. The number of nitrogens with one attached hydrogen (secondary N) is 1. The summed E-state index contributed by atoms with van der Waals surface area (Å²) in [6, 6.07) is 6.99. The fourth-order valence-electron chi connectivity index (χ4n) is 1.76. The standard InChI is InChI=1S/C14H13BrFN3O2/c15-12-3-1-10(16)5-9(12)6-18-13(20)8-19-7-11(17)2-4-14(19)21/h1-5,7H,6,8,17H2,(H,18,20). The van der Waals surface area contributed by atoms with Crippen molar-refractivity contribution >= 4 is 27.5 Å². The molecule has 2 rings (SSSR count). The first-order valence-corrected chi connectivity index (χ1v) is 6.91. The van der Waals surface area contributed by atoms with E-state index in [1.54, 1.807) is 6.07 Å². The zero-order chi connectivity index (χ0) is 15.4. The highest BCUT2D eigenvalue weighted by molar-refractivity contribution is 9.10. The molecule has 1 amide bonds. The topological polar surface area (TPSA) is 77.1 Å². The first-order chi connectivity index (χ1) is 9.95. The molecule has 0 radical (unpaired) electrons. The van der Waals surface area contributed by atoms with Crippen LogP contribution in [0.5, 0.6) is 0 Å². The van der Waals surface area contributed by atoms with Gasteiger partial charge in [0.25, 0.3) is 5.56 Å². The van der Waals surface area contributed by atoms with E-state index < -0.39 is 0 Å². The lowest BCUT2D eigenvalue weighted by atomic mass is 10.2. The number of halogens is 2. The monoisotopic (exact) mass is 353 g/mol. The maximum absolute atomic E-state index is 13.1. The number of rotatable bonds is 4. The van der Waals surface area contributed by atoms with Gasteiger partial charge in [0, 0.05) is 29.0 Å². The van der Waals surface area contributed by atoms with Crippen molar-refractivity contribution < 1.29 is 9.18 Å². The van der Waals surface area contributed by atoms with Crippen LogP contribution < -0.4 is 16.6 Å². The van der Waals surface area contributed by atoms with Crippen molar-refractivity contribution in [1.29, 1.82) is 0 Å². The Hall–Kier alpha value is -2.15. The number of aromatic nitrogens is 1. The van der Waals surface area contributed by atoms with Crippen LogP contribution in [0.3, 0.4) is 0 Å². The summed E-state index contributed by atoms with van der Waals surface area (Å²) in [7, 11) is 0. The fourth-order valence-corrected chi connectivity index (χ4v) is 2.14. The van der Waals surface area contributed by atoms with Gasteiger partial charge in [0.15, 0.2) is 0 Å². The van der Waals surface area contributed by atoms with Crippen LogP contribution in [0.1, 0.15) is 5.56 Å². The Balaban J connectivity index is 2.01. The summed E-state index contributed by atoms with van der Waals surface area (Å²) in [4.78, 5) is 23.4. The highest BCUT2D eigenvalue weighted by Gasteiger charge is 2.07. The van der Waals surface area contributed by atoms with Gasteiger partial charge in [-0.05, 0) is 29.8 Å². The van der Waals surface area contributed by atoms with Crippen molar-refractivity contribution in [3.05, 3.63) is 62.7 Å². The van der Waals surface area contributed by atoms with Crippen LogP contribution in [0.25, 0.3) is 0 Å². The summed E-state index contributed by atoms with van der Waals surface area (Å²) < 4.78 is 15.0. The van der Waals surface area contributed by atoms with Gasteiger partial charge >= 0.3 is 0 Å². The quantitative estimate of drug-likeness (QED) is 0.877. The molecule has 5 nitrogen and oxygen atoms in total. The summed E-state index contributed by atoms with van der Waals surface area (Å²) in [5.74, 6) is -0.742. The fraction of sp³-hybridized carbons (Fsp3) is 0.143. The number of carbonyl (C=O) groups is 1. The molecular formula is C14H13BrFN3O2. The minimum absolute atomic E-state index is 0.142. The second-order valence-electron chi connectivity index (χ2n) is 4.44. The Morgan fingerprint density at radius 1 is 1.33 bits per heavy atom.